The van der Waals surface area contributed by atoms with E-state index in [2.05, 4.69) is 5.32 Å². The summed E-state index contributed by atoms with van der Waals surface area (Å²) in [6.45, 7) is 5.42. The van der Waals surface area contributed by atoms with Gasteiger partial charge in [0.1, 0.15) is 0 Å². The molecule has 1 aromatic carbocycles. The van der Waals surface area contributed by atoms with Gasteiger partial charge in [0, 0.05) is 19.6 Å². The molecule has 1 aliphatic heterocycles. The van der Waals surface area contributed by atoms with E-state index in [9.17, 15) is 14.7 Å². The zero-order valence-corrected chi connectivity index (χ0v) is 13.8. The molecule has 126 valence electrons. The largest absolute Gasteiger partial charge is 0.479 e. The molecule has 0 saturated carbocycles. The standard InChI is InChI=1S/C18H25NO4/c1-12-3-5-15(11-13(12)2)17(18(21)22)19-16(20)6-4-14-7-9-23-10-8-14/h3,5,11,14,17H,4,6-10H2,1-2H3,(H,19,20)(H,21,22). The van der Waals surface area contributed by atoms with Crippen molar-refractivity contribution in [3.8, 4) is 0 Å². The Labute approximate surface area is 137 Å². The van der Waals surface area contributed by atoms with Crippen LogP contribution in [0.4, 0.5) is 0 Å². The van der Waals surface area contributed by atoms with E-state index < -0.39 is 12.0 Å². The summed E-state index contributed by atoms with van der Waals surface area (Å²) in [6.07, 6.45) is 3.10. The molecule has 0 aliphatic carbocycles. The van der Waals surface area contributed by atoms with Gasteiger partial charge in [-0.1, -0.05) is 18.2 Å². The van der Waals surface area contributed by atoms with Gasteiger partial charge >= 0.3 is 5.97 Å². The van der Waals surface area contributed by atoms with Gasteiger partial charge in [-0.25, -0.2) is 4.79 Å². The predicted molar refractivity (Wildman–Crippen MR) is 87.2 cm³/mol. The number of amides is 1. The maximum absolute atomic E-state index is 12.1. The first-order valence-electron chi connectivity index (χ1n) is 8.14. The Bertz CT molecular complexity index is 564. The Morgan fingerprint density at radius 3 is 2.57 bits per heavy atom. The zero-order chi connectivity index (χ0) is 16.8. The molecule has 1 unspecified atom stereocenters. The molecule has 5 heteroatoms. The average Bonchev–Trinajstić information content (AvgIpc) is 2.54. The van der Waals surface area contributed by atoms with Crippen molar-refractivity contribution in [2.45, 2.75) is 45.6 Å². The normalized spacial score (nSPS) is 16.8. The summed E-state index contributed by atoms with van der Waals surface area (Å²) < 4.78 is 5.30. The van der Waals surface area contributed by atoms with Crippen molar-refractivity contribution in [2.24, 2.45) is 5.92 Å². The van der Waals surface area contributed by atoms with Crippen molar-refractivity contribution in [1.29, 1.82) is 0 Å². The molecule has 5 nitrogen and oxygen atoms in total. The van der Waals surface area contributed by atoms with E-state index in [4.69, 9.17) is 4.74 Å². The third-order valence-electron chi connectivity index (χ3n) is 4.54. The number of aliphatic carboxylic acids is 1. The molecule has 1 heterocycles. The maximum Gasteiger partial charge on any atom is 0.330 e. The molecular formula is C18H25NO4. The van der Waals surface area contributed by atoms with Gasteiger partial charge in [0.05, 0.1) is 0 Å². The fourth-order valence-electron chi connectivity index (χ4n) is 2.84. The molecule has 1 fully saturated rings. The summed E-state index contributed by atoms with van der Waals surface area (Å²) >= 11 is 0. The van der Waals surface area contributed by atoms with Crippen LogP contribution < -0.4 is 5.32 Å². The highest BCUT2D eigenvalue weighted by atomic mass is 16.5. The van der Waals surface area contributed by atoms with Crippen molar-refractivity contribution >= 4 is 11.9 Å². The third-order valence-corrected chi connectivity index (χ3v) is 4.54. The van der Waals surface area contributed by atoms with E-state index in [-0.39, 0.29) is 5.91 Å². The van der Waals surface area contributed by atoms with Crippen LogP contribution in [0.1, 0.15) is 48.4 Å². The minimum absolute atomic E-state index is 0.206. The summed E-state index contributed by atoms with van der Waals surface area (Å²) in [7, 11) is 0. The molecule has 2 N–H and O–H groups in total. The second-order valence-corrected chi connectivity index (χ2v) is 6.28. The maximum atomic E-state index is 12.1. The van der Waals surface area contributed by atoms with E-state index in [0.29, 0.717) is 17.9 Å². The fraction of sp³-hybridized carbons (Fsp3) is 0.556. The summed E-state index contributed by atoms with van der Waals surface area (Å²) in [6, 6.07) is 4.48. The van der Waals surface area contributed by atoms with Crippen LogP contribution in [0.5, 0.6) is 0 Å². The molecule has 2 rings (SSSR count). The van der Waals surface area contributed by atoms with Crippen LogP contribution in [0.2, 0.25) is 0 Å². The molecule has 1 aromatic rings. The number of benzene rings is 1. The average molecular weight is 319 g/mol. The lowest BCUT2D eigenvalue weighted by Crippen LogP contribution is -2.34. The number of carbonyl (C=O) groups excluding carboxylic acids is 1. The third kappa shape index (κ3) is 5.06. The first-order valence-corrected chi connectivity index (χ1v) is 8.14. The van der Waals surface area contributed by atoms with Gasteiger partial charge in [0.25, 0.3) is 0 Å². The van der Waals surface area contributed by atoms with Crippen molar-refractivity contribution in [2.75, 3.05) is 13.2 Å². The van der Waals surface area contributed by atoms with E-state index in [1.807, 2.05) is 26.0 Å². The number of carboxylic acids is 1. The van der Waals surface area contributed by atoms with Gasteiger partial charge in [-0.2, -0.15) is 0 Å². The number of hydrogen-bond acceptors (Lipinski definition) is 3. The van der Waals surface area contributed by atoms with Gasteiger partial charge in [-0.3, -0.25) is 4.79 Å². The highest BCUT2D eigenvalue weighted by Crippen LogP contribution is 2.21. The molecule has 0 radical (unpaired) electrons. The van der Waals surface area contributed by atoms with Crippen LogP contribution in [0.3, 0.4) is 0 Å². The minimum atomic E-state index is -1.03. The highest BCUT2D eigenvalue weighted by Gasteiger charge is 2.23. The number of carbonyl (C=O) groups is 2. The molecule has 0 aromatic heterocycles. The Kier molecular flexibility index (Phi) is 6.16. The first-order chi connectivity index (χ1) is 11.0. The number of ether oxygens (including phenoxy) is 1. The van der Waals surface area contributed by atoms with E-state index >= 15 is 0 Å². The van der Waals surface area contributed by atoms with Crippen LogP contribution in [-0.4, -0.2) is 30.2 Å². The van der Waals surface area contributed by atoms with E-state index in [1.165, 1.54) is 0 Å². The summed E-state index contributed by atoms with van der Waals surface area (Å²) in [5, 5.41) is 12.1. The lowest BCUT2D eigenvalue weighted by molar-refractivity contribution is -0.142. The van der Waals surface area contributed by atoms with Gasteiger partial charge in [0.2, 0.25) is 5.91 Å². The summed E-state index contributed by atoms with van der Waals surface area (Å²) in [5.41, 5.74) is 2.73. The second kappa shape index (κ2) is 8.11. The van der Waals surface area contributed by atoms with Gasteiger partial charge in [0.15, 0.2) is 6.04 Å². The number of carboxylic acid groups (broad SMARTS) is 1. The number of hydrogen-bond donors (Lipinski definition) is 2. The SMILES string of the molecule is Cc1ccc(C(NC(=O)CCC2CCOCC2)C(=O)O)cc1C. The lowest BCUT2D eigenvalue weighted by Gasteiger charge is -2.22. The van der Waals surface area contributed by atoms with Crippen LogP contribution >= 0.6 is 0 Å². The molecule has 0 bridgehead atoms. The molecule has 23 heavy (non-hydrogen) atoms. The van der Waals surface area contributed by atoms with Gasteiger partial charge in [-0.05, 0) is 55.7 Å². The molecule has 0 spiro atoms. The van der Waals surface area contributed by atoms with Crippen LogP contribution in [0.25, 0.3) is 0 Å². The van der Waals surface area contributed by atoms with Gasteiger partial charge in [-0.15, -0.1) is 0 Å². The molecular weight excluding hydrogens is 294 g/mol. The fourth-order valence-corrected chi connectivity index (χ4v) is 2.84. The van der Waals surface area contributed by atoms with Crippen LogP contribution in [0.15, 0.2) is 18.2 Å². The van der Waals surface area contributed by atoms with Crippen LogP contribution in [0, 0.1) is 19.8 Å². The van der Waals surface area contributed by atoms with Crippen LogP contribution in [-0.2, 0) is 14.3 Å². The van der Waals surface area contributed by atoms with E-state index in [1.54, 1.807) is 6.07 Å². The number of nitrogens with one attached hydrogen (secondary N) is 1. The van der Waals surface area contributed by atoms with Gasteiger partial charge < -0.3 is 15.2 Å². The number of rotatable bonds is 6. The van der Waals surface area contributed by atoms with Crippen molar-refractivity contribution < 1.29 is 19.4 Å². The molecule has 1 aliphatic rings. The smallest absolute Gasteiger partial charge is 0.330 e. The molecule has 1 amide bonds. The highest BCUT2D eigenvalue weighted by molar-refractivity contribution is 5.84. The zero-order valence-electron chi connectivity index (χ0n) is 13.8. The minimum Gasteiger partial charge on any atom is -0.479 e. The second-order valence-electron chi connectivity index (χ2n) is 6.28. The molecule has 1 atom stereocenters. The van der Waals surface area contributed by atoms with Crippen molar-refractivity contribution in [3.05, 3.63) is 34.9 Å². The quantitative estimate of drug-likeness (QED) is 0.845. The monoisotopic (exact) mass is 319 g/mol. The molecule has 1 saturated heterocycles. The summed E-state index contributed by atoms with van der Waals surface area (Å²) in [5.74, 6) is -0.741. The first kappa shape index (κ1) is 17.5. The van der Waals surface area contributed by atoms with E-state index in [0.717, 1.165) is 43.6 Å². The topological polar surface area (TPSA) is 75.6 Å². The lowest BCUT2D eigenvalue weighted by atomic mass is 9.94. The Morgan fingerprint density at radius 2 is 1.96 bits per heavy atom. The predicted octanol–water partition coefficient (Wildman–Crippen LogP) is 2.75. The Hall–Kier alpha value is -1.88. The Morgan fingerprint density at radius 1 is 1.26 bits per heavy atom. The Balaban J connectivity index is 1.94. The van der Waals surface area contributed by atoms with Crippen molar-refractivity contribution in [1.82, 2.24) is 5.32 Å². The summed E-state index contributed by atoms with van der Waals surface area (Å²) in [4.78, 5) is 23.6. The number of aryl methyl sites for hydroxylation is 2. The van der Waals surface area contributed by atoms with Crippen molar-refractivity contribution in [3.63, 3.8) is 0 Å².